The molecule has 2 aliphatic rings. The minimum absolute atomic E-state index is 0.226. The van der Waals surface area contributed by atoms with E-state index in [4.69, 9.17) is 11.6 Å². The number of halogens is 2. The highest BCUT2D eigenvalue weighted by molar-refractivity contribution is 6.31. The first-order valence-electron chi connectivity index (χ1n) is 9.89. The minimum Gasteiger partial charge on any atom is -0.333 e. The van der Waals surface area contributed by atoms with Crippen LogP contribution in [0.5, 0.6) is 0 Å². The Kier molecular flexibility index (Phi) is 5.23. The summed E-state index contributed by atoms with van der Waals surface area (Å²) < 4.78 is 14.3. The molecule has 0 spiro atoms. The molecule has 2 unspecified atom stereocenters. The van der Waals surface area contributed by atoms with Gasteiger partial charge in [-0.25, -0.2) is 4.39 Å². The van der Waals surface area contributed by atoms with Crippen LogP contribution in [-0.4, -0.2) is 17.4 Å². The Labute approximate surface area is 165 Å². The van der Waals surface area contributed by atoms with Crippen LogP contribution < -0.4 is 0 Å². The van der Waals surface area contributed by atoms with Gasteiger partial charge in [-0.2, -0.15) is 0 Å². The average Bonchev–Trinajstić information content (AvgIpc) is 3.12. The fourth-order valence-electron chi connectivity index (χ4n) is 5.07. The summed E-state index contributed by atoms with van der Waals surface area (Å²) in [5, 5.41) is 0.503. The van der Waals surface area contributed by atoms with Gasteiger partial charge in [0.15, 0.2) is 0 Å². The minimum atomic E-state index is -0.268. The van der Waals surface area contributed by atoms with Gasteiger partial charge >= 0.3 is 0 Å². The summed E-state index contributed by atoms with van der Waals surface area (Å²) in [5.74, 6) is 0.334. The number of benzene rings is 2. The summed E-state index contributed by atoms with van der Waals surface area (Å²) in [4.78, 5) is 14.8. The molecule has 27 heavy (non-hydrogen) atoms. The molecule has 0 N–H and O–H groups in total. The standard InChI is InChI=1S/C23H25ClFNO/c24-20-10-4-11-21(25)19(20)15-17-7-5-13-23(16-17,18-8-2-1-3-9-18)26-14-6-12-22(26)27/h1-4,8-11,17H,5-7,12-16H2. The van der Waals surface area contributed by atoms with E-state index in [-0.39, 0.29) is 17.3 Å². The molecule has 1 heterocycles. The lowest BCUT2D eigenvalue weighted by Gasteiger charge is -2.48. The van der Waals surface area contributed by atoms with Crippen molar-refractivity contribution in [2.75, 3.05) is 6.54 Å². The lowest BCUT2D eigenvalue weighted by Crippen LogP contribution is -2.50. The molecule has 1 amide bonds. The molecule has 0 radical (unpaired) electrons. The number of carbonyl (C=O) groups excluding carboxylic acids is 1. The van der Waals surface area contributed by atoms with Crippen LogP contribution in [0.3, 0.4) is 0 Å². The SMILES string of the molecule is O=C1CCCN1C1(c2ccccc2)CCCC(Cc2c(F)cccc2Cl)C1. The van der Waals surface area contributed by atoms with E-state index in [0.29, 0.717) is 29.3 Å². The molecule has 142 valence electrons. The Morgan fingerprint density at radius 1 is 1.11 bits per heavy atom. The number of hydrogen-bond acceptors (Lipinski definition) is 1. The molecule has 0 aromatic heterocycles. The quantitative estimate of drug-likeness (QED) is 0.658. The molecular weight excluding hydrogens is 361 g/mol. The number of hydrogen-bond donors (Lipinski definition) is 0. The second-order valence-corrected chi connectivity index (χ2v) is 8.32. The summed E-state index contributed by atoms with van der Waals surface area (Å²) >= 11 is 6.28. The van der Waals surface area contributed by atoms with Crippen molar-refractivity contribution >= 4 is 17.5 Å². The summed E-state index contributed by atoms with van der Waals surface area (Å²) in [5.41, 5.74) is 1.56. The average molecular weight is 386 g/mol. The maximum absolute atomic E-state index is 14.3. The third kappa shape index (κ3) is 3.50. The van der Waals surface area contributed by atoms with Gasteiger partial charge in [0.2, 0.25) is 5.91 Å². The van der Waals surface area contributed by atoms with Crippen molar-refractivity contribution in [3.05, 3.63) is 70.5 Å². The van der Waals surface area contributed by atoms with Gasteiger partial charge in [-0.15, -0.1) is 0 Å². The number of likely N-dealkylation sites (tertiary alicyclic amines) is 1. The van der Waals surface area contributed by atoms with Crippen LogP contribution >= 0.6 is 11.6 Å². The van der Waals surface area contributed by atoms with Crippen LogP contribution in [0.25, 0.3) is 0 Å². The summed E-state index contributed by atoms with van der Waals surface area (Å²) in [6.07, 6.45) is 6.12. The van der Waals surface area contributed by atoms with Crippen molar-refractivity contribution in [2.24, 2.45) is 5.92 Å². The van der Waals surface area contributed by atoms with Crippen molar-refractivity contribution in [3.63, 3.8) is 0 Å². The van der Waals surface area contributed by atoms with Crippen molar-refractivity contribution in [3.8, 4) is 0 Å². The van der Waals surface area contributed by atoms with E-state index in [1.165, 1.54) is 11.6 Å². The van der Waals surface area contributed by atoms with E-state index >= 15 is 0 Å². The lowest BCUT2D eigenvalue weighted by atomic mass is 9.69. The lowest BCUT2D eigenvalue weighted by molar-refractivity contribution is -0.136. The van der Waals surface area contributed by atoms with Crippen molar-refractivity contribution < 1.29 is 9.18 Å². The van der Waals surface area contributed by atoms with Gasteiger partial charge in [-0.1, -0.05) is 54.4 Å². The van der Waals surface area contributed by atoms with Crippen LogP contribution in [0, 0.1) is 11.7 Å². The molecule has 4 rings (SSSR count). The second-order valence-electron chi connectivity index (χ2n) is 7.91. The number of rotatable bonds is 4. The normalized spacial score (nSPS) is 25.8. The first-order valence-corrected chi connectivity index (χ1v) is 10.3. The maximum atomic E-state index is 14.3. The predicted molar refractivity (Wildman–Crippen MR) is 106 cm³/mol. The zero-order valence-corrected chi connectivity index (χ0v) is 16.2. The predicted octanol–water partition coefficient (Wildman–Crippen LogP) is 5.73. The van der Waals surface area contributed by atoms with E-state index in [2.05, 4.69) is 29.2 Å². The van der Waals surface area contributed by atoms with E-state index < -0.39 is 0 Å². The zero-order valence-electron chi connectivity index (χ0n) is 15.5. The van der Waals surface area contributed by atoms with Gasteiger partial charge in [0.1, 0.15) is 5.82 Å². The fraction of sp³-hybridized carbons (Fsp3) is 0.435. The van der Waals surface area contributed by atoms with E-state index in [1.807, 2.05) is 6.07 Å². The topological polar surface area (TPSA) is 20.3 Å². The molecule has 1 saturated heterocycles. The molecule has 2 fully saturated rings. The molecule has 0 bridgehead atoms. The third-order valence-corrected chi connectivity index (χ3v) is 6.64. The molecule has 1 aliphatic heterocycles. The van der Waals surface area contributed by atoms with Crippen LogP contribution in [-0.2, 0) is 16.8 Å². The van der Waals surface area contributed by atoms with Gasteiger partial charge in [-0.05, 0) is 55.7 Å². The fourth-order valence-corrected chi connectivity index (χ4v) is 5.31. The molecule has 2 aromatic carbocycles. The highest BCUT2D eigenvalue weighted by Gasteiger charge is 2.46. The van der Waals surface area contributed by atoms with E-state index in [1.54, 1.807) is 12.1 Å². The molecule has 1 saturated carbocycles. The molecule has 2 aromatic rings. The smallest absolute Gasteiger partial charge is 0.223 e. The Balaban J connectivity index is 1.67. The number of carbonyl (C=O) groups is 1. The first-order chi connectivity index (χ1) is 13.1. The van der Waals surface area contributed by atoms with Gasteiger partial charge in [-0.3, -0.25) is 4.79 Å². The Morgan fingerprint density at radius 2 is 1.93 bits per heavy atom. The molecule has 2 nitrogen and oxygen atoms in total. The Morgan fingerprint density at radius 3 is 2.63 bits per heavy atom. The highest BCUT2D eigenvalue weighted by atomic mass is 35.5. The highest BCUT2D eigenvalue weighted by Crippen LogP contribution is 2.47. The monoisotopic (exact) mass is 385 g/mol. The molecular formula is C23H25ClFNO. The zero-order chi connectivity index (χ0) is 18.9. The maximum Gasteiger partial charge on any atom is 0.223 e. The Hall–Kier alpha value is -1.87. The van der Waals surface area contributed by atoms with Crippen LogP contribution in [0.4, 0.5) is 4.39 Å². The van der Waals surface area contributed by atoms with Crippen LogP contribution in [0.15, 0.2) is 48.5 Å². The third-order valence-electron chi connectivity index (χ3n) is 6.28. The van der Waals surface area contributed by atoms with Gasteiger partial charge in [0, 0.05) is 23.6 Å². The van der Waals surface area contributed by atoms with Crippen LogP contribution in [0.1, 0.15) is 49.7 Å². The van der Waals surface area contributed by atoms with Crippen molar-refractivity contribution in [2.45, 2.75) is 50.5 Å². The summed E-state index contributed by atoms with van der Waals surface area (Å²) in [6, 6.07) is 15.3. The summed E-state index contributed by atoms with van der Waals surface area (Å²) in [7, 11) is 0. The number of amides is 1. The van der Waals surface area contributed by atoms with E-state index in [9.17, 15) is 9.18 Å². The van der Waals surface area contributed by atoms with E-state index in [0.717, 1.165) is 38.6 Å². The van der Waals surface area contributed by atoms with Gasteiger partial charge < -0.3 is 4.90 Å². The second kappa shape index (κ2) is 7.63. The van der Waals surface area contributed by atoms with Gasteiger partial charge in [0.25, 0.3) is 0 Å². The molecule has 4 heteroatoms. The van der Waals surface area contributed by atoms with Crippen LogP contribution in [0.2, 0.25) is 5.02 Å². The van der Waals surface area contributed by atoms with Crippen molar-refractivity contribution in [1.29, 1.82) is 0 Å². The number of nitrogens with zero attached hydrogens (tertiary/aromatic N) is 1. The summed E-state index contributed by atoms with van der Waals surface area (Å²) in [6.45, 7) is 0.820. The molecule has 2 atom stereocenters. The van der Waals surface area contributed by atoms with Crippen molar-refractivity contribution in [1.82, 2.24) is 4.90 Å². The largest absolute Gasteiger partial charge is 0.333 e. The van der Waals surface area contributed by atoms with Gasteiger partial charge in [0.05, 0.1) is 5.54 Å². The first kappa shape index (κ1) is 18.5. The molecule has 1 aliphatic carbocycles. The Bertz CT molecular complexity index is 804.